The zero-order valence-corrected chi connectivity index (χ0v) is 11.6. The topological polar surface area (TPSA) is 105 Å². The maximum Gasteiger partial charge on any atom is 0.328 e. The molecule has 0 bridgehead atoms. The van der Waals surface area contributed by atoms with Crippen molar-refractivity contribution in [1.82, 2.24) is 29.7 Å². The Morgan fingerprint density at radius 3 is 2.48 bits per heavy atom. The molecule has 0 saturated heterocycles. The Labute approximate surface area is 120 Å². The molecule has 8 heteroatoms. The van der Waals surface area contributed by atoms with Crippen molar-refractivity contribution in [3.8, 4) is 17.7 Å². The van der Waals surface area contributed by atoms with E-state index < -0.39 is 0 Å². The average molecular weight is 283 g/mol. The van der Waals surface area contributed by atoms with Crippen LogP contribution in [-0.4, -0.2) is 29.7 Å². The van der Waals surface area contributed by atoms with Crippen molar-refractivity contribution in [3.63, 3.8) is 0 Å². The molecule has 0 atom stereocenters. The highest BCUT2D eigenvalue weighted by atomic mass is 16.5. The molecule has 0 unspecified atom stereocenters. The molecule has 3 aromatic rings. The van der Waals surface area contributed by atoms with Gasteiger partial charge in [0.15, 0.2) is 0 Å². The number of aryl methyl sites for hydroxylation is 2. The minimum Gasteiger partial charge on any atom is -0.424 e. The van der Waals surface area contributed by atoms with E-state index in [1.807, 2.05) is 26.0 Å². The molecule has 0 radical (unpaired) electrons. The van der Waals surface area contributed by atoms with Gasteiger partial charge in [-0.15, -0.1) is 0 Å². The van der Waals surface area contributed by atoms with Crippen molar-refractivity contribution in [2.75, 3.05) is 5.73 Å². The first kappa shape index (κ1) is 13.0. The molecule has 2 heterocycles. The Kier molecular flexibility index (Phi) is 3.19. The van der Waals surface area contributed by atoms with Crippen molar-refractivity contribution in [1.29, 1.82) is 0 Å². The number of hydrogen-bond acceptors (Lipinski definition) is 7. The first-order valence-electron chi connectivity index (χ1n) is 6.23. The zero-order chi connectivity index (χ0) is 14.8. The van der Waals surface area contributed by atoms with Crippen molar-refractivity contribution in [2.24, 2.45) is 0 Å². The Balaban J connectivity index is 1.95. The minimum absolute atomic E-state index is 0.0508. The number of benzene rings is 1. The Morgan fingerprint density at radius 1 is 1.05 bits per heavy atom. The lowest BCUT2D eigenvalue weighted by Crippen LogP contribution is -2.08. The summed E-state index contributed by atoms with van der Waals surface area (Å²) < 4.78 is 7.04. The molecule has 0 saturated carbocycles. The van der Waals surface area contributed by atoms with Gasteiger partial charge in [-0.2, -0.15) is 24.7 Å². The maximum absolute atomic E-state index is 5.68. The lowest BCUT2D eigenvalue weighted by Gasteiger charge is -2.07. The third-order valence-corrected chi connectivity index (χ3v) is 2.65. The second kappa shape index (κ2) is 5.16. The highest BCUT2D eigenvalue weighted by Gasteiger charge is 2.09. The molecule has 0 amide bonds. The van der Waals surface area contributed by atoms with E-state index in [9.17, 15) is 0 Å². The SMILES string of the molecule is Cc1cc(C)cc(Oc2nc(N)nc(-n3cncn3)n2)c1. The van der Waals surface area contributed by atoms with E-state index in [-0.39, 0.29) is 17.9 Å². The number of hydrogen-bond donors (Lipinski definition) is 1. The van der Waals surface area contributed by atoms with Crippen LogP contribution in [0.4, 0.5) is 5.95 Å². The van der Waals surface area contributed by atoms with Crippen LogP contribution in [-0.2, 0) is 0 Å². The number of aromatic nitrogens is 6. The van der Waals surface area contributed by atoms with E-state index in [0.717, 1.165) is 11.1 Å². The molecule has 1 aromatic carbocycles. The lowest BCUT2D eigenvalue weighted by atomic mass is 10.1. The molecule has 0 spiro atoms. The fourth-order valence-electron chi connectivity index (χ4n) is 1.92. The number of anilines is 1. The first-order chi connectivity index (χ1) is 10.1. The van der Waals surface area contributed by atoms with Gasteiger partial charge in [-0.25, -0.2) is 4.98 Å². The summed E-state index contributed by atoms with van der Waals surface area (Å²) in [6.07, 6.45) is 2.85. The van der Waals surface area contributed by atoms with Crippen molar-refractivity contribution < 1.29 is 4.74 Å². The Bertz CT molecular complexity index is 750. The lowest BCUT2D eigenvalue weighted by molar-refractivity contribution is 0.438. The van der Waals surface area contributed by atoms with Crippen LogP contribution in [0.3, 0.4) is 0 Å². The van der Waals surface area contributed by atoms with Gasteiger partial charge in [0.25, 0.3) is 5.95 Å². The fourth-order valence-corrected chi connectivity index (χ4v) is 1.92. The van der Waals surface area contributed by atoms with E-state index in [0.29, 0.717) is 5.75 Å². The predicted octanol–water partition coefficient (Wildman–Crippen LogP) is 1.44. The maximum atomic E-state index is 5.68. The molecular formula is C13H13N7O. The van der Waals surface area contributed by atoms with Crippen LogP contribution in [0.1, 0.15) is 11.1 Å². The van der Waals surface area contributed by atoms with Crippen LogP contribution >= 0.6 is 0 Å². The molecular weight excluding hydrogens is 270 g/mol. The summed E-state index contributed by atoms with van der Waals surface area (Å²) in [7, 11) is 0. The molecule has 0 aliphatic carbocycles. The van der Waals surface area contributed by atoms with Gasteiger partial charge in [-0.1, -0.05) is 6.07 Å². The van der Waals surface area contributed by atoms with Gasteiger partial charge in [-0.05, 0) is 37.1 Å². The summed E-state index contributed by atoms with van der Waals surface area (Å²) in [6.45, 7) is 3.98. The van der Waals surface area contributed by atoms with E-state index in [2.05, 4.69) is 31.1 Å². The quantitative estimate of drug-likeness (QED) is 0.775. The summed E-state index contributed by atoms with van der Waals surface area (Å²) in [6, 6.07) is 5.94. The minimum atomic E-state index is 0.0508. The van der Waals surface area contributed by atoms with Gasteiger partial charge < -0.3 is 10.5 Å². The summed E-state index contributed by atoms with van der Waals surface area (Å²) in [5.74, 6) is 0.942. The molecule has 2 N–H and O–H groups in total. The molecule has 0 aliphatic heterocycles. The average Bonchev–Trinajstić information content (AvgIpc) is 2.90. The van der Waals surface area contributed by atoms with Gasteiger partial charge in [0.1, 0.15) is 18.4 Å². The summed E-state index contributed by atoms with van der Waals surface area (Å²) in [5, 5.41) is 3.95. The molecule has 8 nitrogen and oxygen atoms in total. The third kappa shape index (κ3) is 2.94. The van der Waals surface area contributed by atoms with Crippen molar-refractivity contribution in [3.05, 3.63) is 42.0 Å². The fraction of sp³-hybridized carbons (Fsp3) is 0.154. The van der Waals surface area contributed by atoms with E-state index in [1.54, 1.807) is 0 Å². The monoisotopic (exact) mass is 283 g/mol. The molecule has 106 valence electrons. The number of nitrogen functional groups attached to an aromatic ring is 1. The van der Waals surface area contributed by atoms with Gasteiger partial charge in [-0.3, -0.25) is 0 Å². The van der Waals surface area contributed by atoms with Crippen LogP contribution in [0.25, 0.3) is 5.95 Å². The van der Waals surface area contributed by atoms with Crippen LogP contribution < -0.4 is 10.5 Å². The smallest absolute Gasteiger partial charge is 0.328 e. The number of nitrogens with two attached hydrogens (primary N) is 1. The molecule has 21 heavy (non-hydrogen) atoms. The van der Waals surface area contributed by atoms with Crippen LogP contribution in [0.15, 0.2) is 30.9 Å². The standard InChI is InChI=1S/C13H13N7O/c1-8-3-9(2)5-10(4-8)21-13-18-11(14)17-12(19-13)20-7-15-6-16-20/h3-7H,1-2H3,(H2,14,17,18,19). The van der Waals surface area contributed by atoms with Gasteiger partial charge in [0.2, 0.25) is 5.95 Å². The van der Waals surface area contributed by atoms with Crippen LogP contribution in [0.5, 0.6) is 11.8 Å². The van der Waals surface area contributed by atoms with Crippen molar-refractivity contribution >= 4 is 5.95 Å². The number of nitrogens with zero attached hydrogens (tertiary/aromatic N) is 6. The predicted molar refractivity (Wildman–Crippen MR) is 75.1 cm³/mol. The highest BCUT2D eigenvalue weighted by Crippen LogP contribution is 2.21. The second-order valence-corrected chi connectivity index (χ2v) is 4.54. The Hall–Kier alpha value is -3.03. The largest absolute Gasteiger partial charge is 0.424 e. The molecule has 0 aliphatic rings. The van der Waals surface area contributed by atoms with Crippen LogP contribution in [0.2, 0.25) is 0 Å². The normalized spacial score (nSPS) is 10.6. The molecule has 3 rings (SSSR count). The molecule has 0 fully saturated rings. The van der Waals surface area contributed by atoms with Gasteiger partial charge in [0, 0.05) is 0 Å². The number of ether oxygens (including phenoxy) is 1. The zero-order valence-electron chi connectivity index (χ0n) is 11.6. The summed E-state index contributed by atoms with van der Waals surface area (Å²) in [4.78, 5) is 16.0. The first-order valence-corrected chi connectivity index (χ1v) is 6.23. The Morgan fingerprint density at radius 2 is 1.81 bits per heavy atom. The summed E-state index contributed by atoms with van der Waals surface area (Å²) >= 11 is 0. The van der Waals surface area contributed by atoms with Crippen LogP contribution in [0, 0.1) is 13.8 Å². The van der Waals surface area contributed by atoms with Gasteiger partial charge >= 0.3 is 6.01 Å². The number of rotatable bonds is 3. The summed E-state index contributed by atoms with van der Waals surface area (Å²) in [5.41, 5.74) is 7.85. The molecule has 2 aromatic heterocycles. The van der Waals surface area contributed by atoms with E-state index >= 15 is 0 Å². The van der Waals surface area contributed by atoms with Crippen molar-refractivity contribution in [2.45, 2.75) is 13.8 Å². The highest BCUT2D eigenvalue weighted by molar-refractivity contribution is 5.35. The van der Waals surface area contributed by atoms with E-state index in [1.165, 1.54) is 17.3 Å². The van der Waals surface area contributed by atoms with Gasteiger partial charge in [0.05, 0.1) is 0 Å². The van der Waals surface area contributed by atoms with E-state index in [4.69, 9.17) is 10.5 Å². The third-order valence-electron chi connectivity index (χ3n) is 2.65. The second-order valence-electron chi connectivity index (χ2n) is 4.54.